The molecule has 2 atom stereocenters. The molecule has 0 aromatic heterocycles. The number of primary amides is 1. The van der Waals surface area contributed by atoms with Gasteiger partial charge < -0.3 is 21.3 Å². The molecule has 0 spiro atoms. The van der Waals surface area contributed by atoms with Crippen molar-refractivity contribution in [2.24, 2.45) is 17.6 Å². The first-order chi connectivity index (χ1) is 10.1. The molecule has 1 heterocycles. The highest BCUT2D eigenvalue weighted by Gasteiger charge is 2.34. The number of hydrogen-bond acceptors (Lipinski definition) is 3. The number of carbonyl (C=O) groups excluding carboxylic acids is 2. The third kappa shape index (κ3) is 4.88. The number of urea groups is 1. The molecule has 0 aromatic carbocycles. The van der Waals surface area contributed by atoms with Gasteiger partial charge in [-0.2, -0.15) is 0 Å². The van der Waals surface area contributed by atoms with Gasteiger partial charge in [0.05, 0.1) is 6.54 Å². The number of likely N-dealkylation sites (tertiary alicyclic amines) is 1. The predicted octanol–water partition coefficient (Wildman–Crippen LogP) is 0.672. The van der Waals surface area contributed by atoms with Crippen LogP contribution < -0.4 is 16.4 Å². The molecule has 4 N–H and O–H groups in total. The van der Waals surface area contributed by atoms with Crippen LogP contribution in [0.5, 0.6) is 0 Å². The molecule has 3 amide bonds. The molecule has 2 rings (SSSR count). The zero-order valence-corrected chi connectivity index (χ0v) is 12.9. The van der Waals surface area contributed by atoms with Gasteiger partial charge in [0.1, 0.15) is 0 Å². The van der Waals surface area contributed by atoms with E-state index in [0.717, 1.165) is 31.8 Å². The monoisotopic (exact) mass is 296 g/mol. The maximum Gasteiger partial charge on any atom is 0.312 e. The van der Waals surface area contributed by atoms with Crippen LogP contribution in [-0.2, 0) is 4.79 Å². The first kappa shape index (κ1) is 16.1. The van der Waals surface area contributed by atoms with Gasteiger partial charge in [0, 0.05) is 25.7 Å². The lowest BCUT2D eigenvalue weighted by molar-refractivity contribution is -0.120. The third-order valence-corrected chi connectivity index (χ3v) is 4.69. The summed E-state index contributed by atoms with van der Waals surface area (Å²) >= 11 is 0. The Labute approximate surface area is 126 Å². The van der Waals surface area contributed by atoms with E-state index in [2.05, 4.69) is 22.5 Å². The first-order valence-electron chi connectivity index (χ1n) is 8.13. The van der Waals surface area contributed by atoms with Crippen LogP contribution in [0.4, 0.5) is 4.79 Å². The largest absolute Gasteiger partial charge is 0.352 e. The summed E-state index contributed by atoms with van der Waals surface area (Å²) in [6, 6.07) is -0.458. The molecule has 120 valence electrons. The molecule has 1 saturated carbocycles. The second-order valence-electron chi connectivity index (χ2n) is 6.46. The molecule has 0 aromatic rings. The van der Waals surface area contributed by atoms with Gasteiger partial charge in [0.15, 0.2) is 0 Å². The van der Waals surface area contributed by atoms with Crippen molar-refractivity contribution in [1.82, 2.24) is 15.5 Å². The minimum absolute atomic E-state index is 0.0344. The lowest BCUT2D eigenvalue weighted by Crippen LogP contribution is -2.46. The molecule has 0 radical (unpaired) electrons. The molecule has 1 aliphatic heterocycles. The molecule has 1 aliphatic carbocycles. The fourth-order valence-corrected chi connectivity index (χ4v) is 3.40. The Bertz CT molecular complexity index is 371. The van der Waals surface area contributed by atoms with E-state index in [-0.39, 0.29) is 18.5 Å². The SMILES string of the molecule is CCC[C@H]1CN(CC2CCC2)C[C@@H]1NC(=O)CNC(N)=O. The second kappa shape index (κ2) is 7.64. The molecule has 2 aliphatic rings. The molecular weight excluding hydrogens is 268 g/mol. The van der Waals surface area contributed by atoms with Gasteiger partial charge in [0.2, 0.25) is 5.91 Å². The fraction of sp³-hybridized carbons (Fsp3) is 0.867. The van der Waals surface area contributed by atoms with E-state index >= 15 is 0 Å². The van der Waals surface area contributed by atoms with E-state index in [4.69, 9.17) is 5.73 Å². The Morgan fingerprint density at radius 3 is 2.62 bits per heavy atom. The average molecular weight is 296 g/mol. The zero-order chi connectivity index (χ0) is 15.2. The van der Waals surface area contributed by atoms with Crippen molar-refractivity contribution in [3.8, 4) is 0 Å². The minimum atomic E-state index is -0.659. The van der Waals surface area contributed by atoms with Crippen molar-refractivity contribution < 1.29 is 9.59 Å². The van der Waals surface area contributed by atoms with Crippen molar-refractivity contribution in [3.05, 3.63) is 0 Å². The standard InChI is InChI=1S/C15H28N4O2/c1-2-4-12-9-19(8-11-5-3-6-11)10-13(12)18-14(20)7-17-15(16)21/h11-13H,2-10H2,1H3,(H,18,20)(H3,16,17,21)/t12-,13-/m0/s1. The molecule has 2 fully saturated rings. The molecule has 0 bridgehead atoms. The van der Waals surface area contributed by atoms with Crippen LogP contribution in [0.3, 0.4) is 0 Å². The quantitative estimate of drug-likeness (QED) is 0.645. The van der Waals surface area contributed by atoms with Gasteiger partial charge in [-0.05, 0) is 31.1 Å². The molecule has 6 heteroatoms. The Morgan fingerprint density at radius 1 is 1.29 bits per heavy atom. The van der Waals surface area contributed by atoms with Gasteiger partial charge in [0.25, 0.3) is 0 Å². The highest BCUT2D eigenvalue weighted by molar-refractivity contribution is 5.83. The molecule has 21 heavy (non-hydrogen) atoms. The number of carbonyl (C=O) groups is 2. The summed E-state index contributed by atoms with van der Waals surface area (Å²) in [6.45, 7) is 5.34. The average Bonchev–Trinajstić information content (AvgIpc) is 2.74. The summed E-state index contributed by atoms with van der Waals surface area (Å²) in [4.78, 5) is 25.0. The van der Waals surface area contributed by atoms with Crippen LogP contribution >= 0.6 is 0 Å². The molecule has 1 saturated heterocycles. The van der Waals surface area contributed by atoms with Crippen LogP contribution in [0.2, 0.25) is 0 Å². The third-order valence-electron chi connectivity index (χ3n) is 4.69. The molecule has 6 nitrogen and oxygen atoms in total. The van der Waals surface area contributed by atoms with Crippen molar-refractivity contribution in [2.45, 2.75) is 45.1 Å². The number of amides is 3. The van der Waals surface area contributed by atoms with Crippen molar-refractivity contribution in [3.63, 3.8) is 0 Å². The number of nitrogens with zero attached hydrogens (tertiary/aromatic N) is 1. The number of hydrogen-bond donors (Lipinski definition) is 3. The van der Waals surface area contributed by atoms with Crippen LogP contribution in [0, 0.1) is 11.8 Å². The summed E-state index contributed by atoms with van der Waals surface area (Å²) in [5.41, 5.74) is 4.98. The molecule has 0 unspecified atom stereocenters. The Morgan fingerprint density at radius 2 is 2.05 bits per heavy atom. The summed E-state index contributed by atoms with van der Waals surface area (Å²) in [6.07, 6.45) is 6.35. The second-order valence-corrected chi connectivity index (χ2v) is 6.46. The normalized spacial score (nSPS) is 26.3. The Balaban J connectivity index is 1.80. The Hall–Kier alpha value is -1.30. The smallest absolute Gasteiger partial charge is 0.312 e. The van der Waals surface area contributed by atoms with Crippen molar-refractivity contribution in [1.29, 1.82) is 0 Å². The predicted molar refractivity (Wildman–Crippen MR) is 81.7 cm³/mol. The maximum absolute atomic E-state index is 11.8. The van der Waals surface area contributed by atoms with Gasteiger partial charge in [-0.25, -0.2) is 4.79 Å². The summed E-state index contributed by atoms with van der Waals surface area (Å²) in [5.74, 6) is 1.23. The van der Waals surface area contributed by atoms with Gasteiger partial charge in [-0.3, -0.25) is 4.79 Å². The van der Waals surface area contributed by atoms with Crippen LogP contribution in [0.25, 0.3) is 0 Å². The Kier molecular flexibility index (Phi) is 5.85. The number of rotatable bonds is 7. The summed E-state index contributed by atoms with van der Waals surface area (Å²) < 4.78 is 0. The number of nitrogens with one attached hydrogen (secondary N) is 2. The van der Waals surface area contributed by atoms with E-state index in [1.807, 2.05) is 0 Å². The van der Waals surface area contributed by atoms with Gasteiger partial charge in [-0.1, -0.05) is 19.8 Å². The maximum atomic E-state index is 11.8. The minimum Gasteiger partial charge on any atom is -0.352 e. The van der Waals surface area contributed by atoms with Crippen LogP contribution in [0.1, 0.15) is 39.0 Å². The van der Waals surface area contributed by atoms with E-state index in [9.17, 15) is 9.59 Å². The van der Waals surface area contributed by atoms with E-state index in [1.165, 1.54) is 25.8 Å². The summed E-state index contributed by atoms with van der Waals surface area (Å²) in [5, 5.41) is 5.40. The lowest BCUT2D eigenvalue weighted by atomic mass is 9.85. The fourth-order valence-electron chi connectivity index (χ4n) is 3.40. The topological polar surface area (TPSA) is 87.5 Å². The van der Waals surface area contributed by atoms with E-state index < -0.39 is 6.03 Å². The van der Waals surface area contributed by atoms with E-state index in [1.54, 1.807) is 0 Å². The van der Waals surface area contributed by atoms with E-state index in [0.29, 0.717) is 5.92 Å². The lowest BCUT2D eigenvalue weighted by Gasteiger charge is -2.30. The van der Waals surface area contributed by atoms with Crippen LogP contribution in [0.15, 0.2) is 0 Å². The zero-order valence-electron chi connectivity index (χ0n) is 12.9. The first-order valence-corrected chi connectivity index (χ1v) is 8.13. The highest BCUT2D eigenvalue weighted by atomic mass is 16.2. The highest BCUT2D eigenvalue weighted by Crippen LogP contribution is 2.30. The van der Waals surface area contributed by atoms with Gasteiger partial charge in [-0.15, -0.1) is 0 Å². The van der Waals surface area contributed by atoms with Crippen molar-refractivity contribution in [2.75, 3.05) is 26.2 Å². The van der Waals surface area contributed by atoms with Gasteiger partial charge >= 0.3 is 6.03 Å². The number of nitrogens with two attached hydrogens (primary N) is 1. The van der Waals surface area contributed by atoms with Crippen molar-refractivity contribution >= 4 is 11.9 Å². The summed E-state index contributed by atoms with van der Waals surface area (Å²) in [7, 11) is 0. The van der Waals surface area contributed by atoms with Crippen LogP contribution in [-0.4, -0.2) is 49.1 Å². The molecular formula is C15H28N4O2.